The fourth-order valence-corrected chi connectivity index (χ4v) is 2.88. The van der Waals surface area contributed by atoms with Crippen molar-refractivity contribution in [1.29, 1.82) is 5.26 Å². The molecule has 0 fully saturated rings. The van der Waals surface area contributed by atoms with Gasteiger partial charge in [-0.1, -0.05) is 58.0 Å². The normalized spacial score (nSPS) is 10.3. The van der Waals surface area contributed by atoms with Gasteiger partial charge in [-0.25, -0.2) is 4.98 Å². The van der Waals surface area contributed by atoms with Crippen LogP contribution < -0.4 is 0 Å². The Bertz CT molecular complexity index is 677. The Balaban J connectivity index is 2.88. The number of nitrogens with zero attached hydrogens (tertiary/aromatic N) is 2. The van der Waals surface area contributed by atoms with Gasteiger partial charge in [0.15, 0.2) is 0 Å². The quantitative estimate of drug-likeness (QED) is 0.474. The van der Waals surface area contributed by atoms with Crippen molar-refractivity contribution in [2.24, 2.45) is 0 Å². The minimum Gasteiger partial charge on any atom is -0.245 e. The van der Waals surface area contributed by atoms with Crippen LogP contribution in [0.5, 0.6) is 0 Å². The summed E-state index contributed by atoms with van der Waals surface area (Å²) in [7, 11) is 0. The second-order valence-electron chi connectivity index (χ2n) is 3.46. The van der Waals surface area contributed by atoms with E-state index in [1.165, 1.54) is 6.20 Å². The number of halogens is 5. The van der Waals surface area contributed by atoms with Gasteiger partial charge >= 0.3 is 0 Å². The molecule has 0 bridgehead atoms. The molecule has 0 aliphatic heterocycles. The smallest absolute Gasteiger partial charge is 0.148 e. The van der Waals surface area contributed by atoms with Gasteiger partial charge in [-0.3, -0.25) is 0 Å². The van der Waals surface area contributed by atoms with Crippen molar-refractivity contribution in [1.82, 2.24) is 4.98 Å². The molecule has 0 amide bonds. The molecule has 0 aliphatic rings. The first-order valence-electron chi connectivity index (χ1n) is 4.86. The summed E-state index contributed by atoms with van der Waals surface area (Å²) < 4.78 is 0. The number of benzene rings is 1. The molecule has 96 valence electrons. The van der Waals surface area contributed by atoms with Crippen LogP contribution in [-0.4, -0.2) is 4.98 Å². The number of hydrogen-bond donors (Lipinski definition) is 0. The second kappa shape index (κ2) is 5.75. The van der Waals surface area contributed by atoms with Crippen molar-refractivity contribution in [3.05, 3.63) is 49.1 Å². The summed E-state index contributed by atoms with van der Waals surface area (Å²) in [5.41, 5.74) is 0.952. The predicted octanol–water partition coefficient (Wildman–Crippen LogP) is 5.89. The minimum atomic E-state index is 0.0736. The number of hydrogen-bond acceptors (Lipinski definition) is 2. The van der Waals surface area contributed by atoms with Crippen LogP contribution in [-0.2, 0) is 0 Å². The van der Waals surface area contributed by atoms with Crippen LogP contribution in [0.2, 0.25) is 25.1 Å². The Kier molecular flexibility index (Phi) is 4.45. The van der Waals surface area contributed by atoms with E-state index in [0.717, 1.165) is 0 Å². The Labute approximate surface area is 134 Å². The molecule has 0 saturated carbocycles. The Morgan fingerprint density at radius 3 is 1.95 bits per heavy atom. The average molecular weight is 352 g/mol. The summed E-state index contributed by atoms with van der Waals surface area (Å²) in [6.07, 6.45) is 1.49. The number of aromatic nitrogens is 1. The molecule has 0 atom stereocenters. The Morgan fingerprint density at radius 1 is 0.895 bits per heavy atom. The van der Waals surface area contributed by atoms with Crippen LogP contribution in [0.15, 0.2) is 18.3 Å². The summed E-state index contributed by atoms with van der Waals surface area (Å²) in [5.74, 6) is 0. The third-order valence-electron chi connectivity index (χ3n) is 2.39. The van der Waals surface area contributed by atoms with Crippen molar-refractivity contribution in [2.75, 3.05) is 0 Å². The molecule has 0 unspecified atom stereocenters. The van der Waals surface area contributed by atoms with E-state index in [2.05, 4.69) is 4.98 Å². The highest BCUT2D eigenvalue weighted by Crippen LogP contribution is 2.48. The zero-order chi connectivity index (χ0) is 14.2. The average Bonchev–Trinajstić information content (AvgIpc) is 2.44. The van der Waals surface area contributed by atoms with E-state index in [4.69, 9.17) is 63.3 Å². The van der Waals surface area contributed by atoms with Crippen LogP contribution >= 0.6 is 58.0 Å². The summed E-state index contributed by atoms with van der Waals surface area (Å²) in [6.45, 7) is 0. The number of pyridine rings is 1. The highest BCUT2D eigenvalue weighted by atomic mass is 35.5. The lowest BCUT2D eigenvalue weighted by molar-refractivity contribution is 1.26. The lowest BCUT2D eigenvalue weighted by atomic mass is 10.0. The highest BCUT2D eigenvalue weighted by Gasteiger charge is 2.22. The van der Waals surface area contributed by atoms with Gasteiger partial charge < -0.3 is 0 Å². The number of nitriles is 1. The van der Waals surface area contributed by atoms with Gasteiger partial charge in [0, 0.05) is 17.3 Å². The van der Waals surface area contributed by atoms with Gasteiger partial charge in [-0.05, 0) is 12.1 Å². The molecule has 19 heavy (non-hydrogen) atoms. The van der Waals surface area contributed by atoms with E-state index in [9.17, 15) is 0 Å². The maximum atomic E-state index is 9.06. The molecule has 0 N–H and O–H groups in total. The lowest BCUT2D eigenvalue weighted by Gasteiger charge is -2.13. The fourth-order valence-electron chi connectivity index (χ4n) is 1.54. The highest BCUT2D eigenvalue weighted by molar-refractivity contribution is 6.56. The molecule has 1 heterocycles. The first-order chi connectivity index (χ1) is 8.99. The lowest BCUT2D eigenvalue weighted by Crippen LogP contribution is -1.92. The van der Waals surface area contributed by atoms with Crippen LogP contribution in [0.25, 0.3) is 11.1 Å². The maximum Gasteiger partial charge on any atom is 0.148 e. The van der Waals surface area contributed by atoms with Gasteiger partial charge in [-0.2, -0.15) is 5.26 Å². The van der Waals surface area contributed by atoms with Crippen molar-refractivity contribution in [2.45, 2.75) is 0 Å². The molecule has 0 spiro atoms. The SMILES string of the molecule is N#Cc1ncccc1-c1c(Cl)c(Cl)c(Cl)c(Cl)c1Cl. The van der Waals surface area contributed by atoms with E-state index >= 15 is 0 Å². The van der Waals surface area contributed by atoms with Gasteiger partial charge in [-0.15, -0.1) is 0 Å². The summed E-state index contributed by atoms with van der Waals surface area (Å²) in [4.78, 5) is 3.94. The van der Waals surface area contributed by atoms with Crippen LogP contribution in [0.4, 0.5) is 0 Å². The molecule has 7 heteroatoms. The third kappa shape index (κ3) is 2.50. The Hall–Kier alpha value is -0.690. The van der Waals surface area contributed by atoms with Gasteiger partial charge in [0.25, 0.3) is 0 Å². The van der Waals surface area contributed by atoms with Crippen LogP contribution in [0.3, 0.4) is 0 Å². The molecular weight excluding hydrogens is 349 g/mol. The zero-order valence-corrected chi connectivity index (χ0v) is 12.8. The second-order valence-corrected chi connectivity index (χ2v) is 5.35. The molecule has 0 radical (unpaired) electrons. The van der Waals surface area contributed by atoms with E-state index < -0.39 is 0 Å². The summed E-state index contributed by atoms with van der Waals surface area (Å²) in [5, 5.41) is 9.57. The first-order valence-corrected chi connectivity index (χ1v) is 6.75. The molecule has 0 saturated heterocycles. The van der Waals surface area contributed by atoms with Gasteiger partial charge in [0.2, 0.25) is 0 Å². The third-order valence-corrected chi connectivity index (χ3v) is 4.67. The van der Waals surface area contributed by atoms with Gasteiger partial charge in [0.05, 0.1) is 25.1 Å². The van der Waals surface area contributed by atoms with Crippen LogP contribution in [0.1, 0.15) is 5.69 Å². The monoisotopic (exact) mass is 350 g/mol. The molecule has 1 aromatic heterocycles. The van der Waals surface area contributed by atoms with Crippen LogP contribution in [0, 0.1) is 11.3 Å². The summed E-state index contributed by atoms with van der Waals surface area (Å²) in [6, 6.07) is 5.26. The van der Waals surface area contributed by atoms with E-state index in [1.807, 2.05) is 6.07 Å². The van der Waals surface area contributed by atoms with Crippen molar-refractivity contribution in [3.63, 3.8) is 0 Å². The topological polar surface area (TPSA) is 36.7 Å². The van der Waals surface area contributed by atoms with Crippen molar-refractivity contribution < 1.29 is 0 Å². The van der Waals surface area contributed by atoms with Crippen molar-refractivity contribution in [3.8, 4) is 17.2 Å². The molecule has 0 aliphatic carbocycles. The predicted molar refractivity (Wildman–Crippen MR) is 79.4 cm³/mol. The molecular formula is C12H3Cl5N2. The molecule has 2 rings (SSSR count). The zero-order valence-electron chi connectivity index (χ0n) is 9.02. The summed E-state index contributed by atoms with van der Waals surface area (Å²) >= 11 is 30.2. The maximum absolute atomic E-state index is 9.06. The van der Waals surface area contributed by atoms with E-state index in [0.29, 0.717) is 11.1 Å². The van der Waals surface area contributed by atoms with E-state index in [-0.39, 0.29) is 30.8 Å². The minimum absolute atomic E-state index is 0.0736. The standard InChI is InChI=1S/C12H3Cl5N2/c13-8-7(5-2-1-3-19-6(5)4-18)9(14)11(16)12(17)10(8)15/h1-3H. The molecule has 2 nitrogen and oxygen atoms in total. The number of rotatable bonds is 1. The van der Waals surface area contributed by atoms with Gasteiger partial charge in [0.1, 0.15) is 11.8 Å². The first kappa shape index (κ1) is 14.7. The molecule has 1 aromatic carbocycles. The van der Waals surface area contributed by atoms with Crippen molar-refractivity contribution >= 4 is 58.0 Å². The fraction of sp³-hybridized carbons (Fsp3) is 0. The molecule has 2 aromatic rings. The Morgan fingerprint density at radius 2 is 1.42 bits per heavy atom. The van der Waals surface area contributed by atoms with E-state index in [1.54, 1.807) is 12.1 Å². The largest absolute Gasteiger partial charge is 0.245 e.